The highest BCUT2D eigenvalue weighted by molar-refractivity contribution is 5.68. The third kappa shape index (κ3) is 4.61. The molecule has 0 aliphatic carbocycles. The van der Waals surface area contributed by atoms with E-state index in [0.717, 1.165) is 24.3 Å². The fourth-order valence-electron chi connectivity index (χ4n) is 2.67. The molecule has 1 N–H and O–H groups in total. The van der Waals surface area contributed by atoms with Crippen molar-refractivity contribution in [1.29, 1.82) is 0 Å². The number of pyridine rings is 1. The second-order valence-electron chi connectivity index (χ2n) is 6.10. The summed E-state index contributed by atoms with van der Waals surface area (Å²) in [5.74, 6) is -0.991. The number of rotatable bonds is 4. The summed E-state index contributed by atoms with van der Waals surface area (Å²) in [6.07, 6.45) is -2.98. The Kier molecular flexibility index (Phi) is 5.12. The van der Waals surface area contributed by atoms with Crippen LogP contribution in [-0.2, 0) is 12.7 Å². The minimum atomic E-state index is -4.44. The molecule has 2 aromatic carbocycles. The van der Waals surface area contributed by atoms with E-state index in [-0.39, 0.29) is 12.1 Å². The molecule has 3 rings (SSSR count). The van der Waals surface area contributed by atoms with E-state index in [2.05, 4.69) is 10.3 Å². The maximum Gasteiger partial charge on any atom is 0.416 e. The predicted octanol–water partition coefficient (Wildman–Crippen LogP) is 5.97. The zero-order valence-corrected chi connectivity index (χ0v) is 14.2. The van der Waals surface area contributed by atoms with Crippen LogP contribution < -0.4 is 5.32 Å². The van der Waals surface area contributed by atoms with Gasteiger partial charge in [-0.1, -0.05) is 12.1 Å². The number of hydrogen-bond donors (Lipinski definition) is 1. The van der Waals surface area contributed by atoms with Crippen molar-refractivity contribution in [3.63, 3.8) is 0 Å². The second kappa shape index (κ2) is 7.34. The minimum Gasteiger partial charge on any atom is -0.366 e. The summed E-state index contributed by atoms with van der Waals surface area (Å²) < 4.78 is 65.7. The molecule has 0 saturated heterocycles. The van der Waals surface area contributed by atoms with Gasteiger partial charge in [-0.3, -0.25) is 0 Å². The highest BCUT2D eigenvalue weighted by Gasteiger charge is 2.31. The zero-order valence-electron chi connectivity index (χ0n) is 14.2. The van der Waals surface area contributed by atoms with E-state index in [4.69, 9.17) is 0 Å². The minimum absolute atomic E-state index is 0.0597. The standard InChI is InChI=1S/C20H15F5N2/c1-12-6-15(8-16(7-12)20(23,24)25)13-4-5-26-19(9-13)27-11-14-2-3-17(21)10-18(14)22/h2-10H,11H2,1H3,(H,26,27). The van der Waals surface area contributed by atoms with Gasteiger partial charge in [-0.2, -0.15) is 13.2 Å². The number of aromatic nitrogens is 1. The number of nitrogens with zero attached hydrogens (tertiary/aromatic N) is 1. The average molecular weight is 378 g/mol. The number of halogens is 5. The van der Waals surface area contributed by atoms with Crippen molar-refractivity contribution in [3.05, 3.63) is 83.1 Å². The number of alkyl halides is 3. The first-order chi connectivity index (χ1) is 12.7. The Morgan fingerprint density at radius 1 is 0.926 bits per heavy atom. The first-order valence-corrected chi connectivity index (χ1v) is 8.05. The molecular weight excluding hydrogens is 363 g/mol. The summed E-state index contributed by atoms with van der Waals surface area (Å²) in [7, 11) is 0. The van der Waals surface area contributed by atoms with Gasteiger partial charge in [0, 0.05) is 24.4 Å². The molecule has 1 aromatic heterocycles. The molecule has 0 spiro atoms. The fraction of sp³-hybridized carbons (Fsp3) is 0.150. The van der Waals surface area contributed by atoms with Crippen molar-refractivity contribution >= 4 is 5.82 Å². The van der Waals surface area contributed by atoms with E-state index in [1.54, 1.807) is 25.1 Å². The summed E-state index contributed by atoms with van der Waals surface area (Å²) >= 11 is 0. The zero-order chi connectivity index (χ0) is 19.6. The lowest BCUT2D eigenvalue weighted by atomic mass is 10.0. The van der Waals surface area contributed by atoms with Crippen LogP contribution >= 0.6 is 0 Å². The summed E-state index contributed by atoms with van der Waals surface area (Å²) in [5.41, 5.74) is 0.956. The summed E-state index contributed by atoms with van der Waals surface area (Å²) in [5, 5.41) is 2.90. The topological polar surface area (TPSA) is 24.9 Å². The molecule has 0 aliphatic rings. The van der Waals surface area contributed by atoms with Gasteiger partial charge in [-0.05, 0) is 53.9 Å². The van der Waals surface area contributed by atoms with Crippen molar-refractivity contribution in [2.24, 2.45) is 0 Å². The first-order valence-electron chi connectivity index (χ1n) is 8.05. The predicted molar refractivity (Wildman–Crippen MR) is 93.1 cm³/mol. The first kappa shape index (κ1) is 18.8. The average Bonchev–Trinajstić information content (AvgIpc) is 2.60. The molecule has 0 saturated carbocycles. The maximum absolute atomic E-state index is 13.7. The van der Waals surface area contributed by atoms with Crippen LogP contribution in [0.5, 0.6) is 0 Å². The molecule has 0 amide bonds. The Hall–Kier alpha value is -2.96. The lowest BCUT2D eigenvalue weighted by Gasteiger charge is -2.12. The largest absolute Gasteiger partial charge is 0.416 e. The molecule has 3 aromatic rings. The lowest BCUT2D eigenvalue weighted by molar-refractivity contribution is -0.137. The van der Waals surface area contributed by atoms with Crippen LogP contribution in [0.25, 0.3) is 11.1 Å². The van der Waals surface area contributed by atoms with Gasteiger partial charge < -0.3 is 5.32 Å². The second-order valence-corrected chi connectivity index (χ2v) is 6.10. The Morgan fingerprint density at radius 3 is 2.41 bits per heavy atom. The van der Waals surface area contributed by atoms with E-state index in [0.29, 0.717) is 22.5 Å². The van der Waals surface area contributed by atoms with Crippen LogP contribution in [0.4, 0.5) is 27.8 Å². The third-order valence-corrected chi connectivity index (χ3v) is 3.97. The molecule has 0 bridgehead atoms. The number of aryl methyl sites for hydroxylation is 1. The molecule has 0 fully saturated rings. The van der Waals surface area contributed by atoms with Crippen molar-refractivity contribution in [2.45, 2.75) is 19.6 Å². The Labute approximate surface area is 152 Å². The van der Waals surface area contributed by atoms with Gasteiger partial charge in [0.15, 0.2) is 0 Å². The molecular formula is C20H15F5N2. The van der Waals surface area contributed by atoms with Gasteiger partial charge in [0.05, 0.1) is 5.56 Å². The van der Waals surface area contributed by atoms with Crippen LogP contribution in [0.2, 0.25) is 0 Å². The molecule has 0 unspecified atom stereocenters. The van der Waals surface area contributed by atoms with Crippen LogP contribution in [-0.4, -0.2) is 4.98 Å². The molecule has 0 radical (unpaired) electrons. The highest BCUT2D eigenvalue weighted by atomic mass is 19.4. The molecule has 0 atom stereocenters. The van der Waals surface area contributed by atoms with E-state index in [9.17, 15) is 22.0 Å². The lowest BCUT2D eigenvalue weighted by Crippen LogP contribution is -2.06. The molecule has 0 aliphatic heterocycles. The monoisotopic (exact) mass is 378 g/mol. The summed E-state index contributed by atoms with van der Waals surface area (Å²) in [6, 6.07) is 10.2. The van der Waals surface area contributed by atoms with Crippen molar-refractivity contribution < 1.29 is 22.0 Å². The van der Waals surface area contributed by atoms with Crippen LogP contribution in [0.1, 0.15) is 16.7 Å². The SMILES string of the molecule is Cc1cc(-c2ccnc(NCc3ccc(F)cc3F)c2)cc(C(F)(F)F)c1. The number of anilines is 1. The smallest absolute Gasteiger partial charge is 0.366 e. The van der Waals surface area contributed by atoms with Gasteiger partial charge in [0.25, 0.3) is 0 Å². The summed E-state index contributed by atoms with van der Waals surface area (Å²) in [4.78, 5) is 4.09. The van der Waals surface area contributed by atoms with Crippen LogP contribution in [0, 0.1) is 18.6 Å². The number of benzene rings is 2. The maximum atomic E-state index is 13.7. The van der Waals surface area contributed by atoms with E-state index >= 15 is 0 Å². The highest BCUT2D eigenvalue weighted by Crippen LogP contribution is 2.33. The van der Waals surface area contributed by atoms with Crippen LogP contribution in [0.3, 0.4) is 0 Å². The van der Waals surface area contributed by atoms with Gasteiger partial charge >= 0.3 is 6.18 Å². The molecule has 27 heavy (non-hydrogen) atoms. The Balaban J connectivity index is 1.84. The van der Waals surface area contributed by atoms with Crippen molar-refractivity contribution in [1.82, 2.24) is 4.98 Å². The third-order valence-electron chi connectivity index (χ3n) is 3.97. The quantitative estimate of drug-likeness (QED) is 0.566. The van der Waals surface area contributed by atoms with E-state index < -0.39 is 23.4 Å². The number of hydrogen-bond acceptors (Lipinski definition) is 2. The summed E-state index contributed by atoms with van der Waals surface area (Å²) in [6.45, 7) is 1.65. The van der Waals surface area contributed by atoms with Gasteiger partial charge in [-0.25, -0.2) is 13.8 Å². The molecule has 1 heterocycles. The van der Waals surface area contributed by atoms with Gasteiger partial charge in [0.2, 0.25) is 0 Å². The van der Waals surface area contributed by atoms with Crippen LogP contribution in [0.15, 0.2) is 54.7 Å². The number of nitrogens with one attached hydrogen (secondary N) is 1. The molecule has 140 valence electrons. The normalized spacial score (nSPS) is 11.5. The van der Waals surface area contributed by atoms with Gasteiger partial charge in [-0.15, -0.1) is 0 Å². The fourth-order valence-corrected chi connectivity index (χ4v) is 2.67. The van der Waals surface area contributed by atoms with Crippen molar-refractivity contribution in [3.8, 4) is 11.1 Å². The Morgan fingerprint density at radius 2 is 1.70 bits per heavy atom. The van der Waals surface area contributed by atoms with Gasteiger partial charge in [0.1, 0.15) is 17.5 Å². The molecule has 7 heteroatoms. The van der Waals surface area contributed by atoms with E-state index in [1.807, 2.05) is 0 Å². The van der Waals surface area contributed by atoms with E-state index in [1.165, 1.54) is 12.3 Å². The van der Waals surface area contributed by atoms with Crippen molar-refractivity contribution in [2.75, 3.05) is 5.32 Å². The molecule has 2 nitrogen and oxygen atoms in total. The Bertz CT molecular complexity index is 967.